The average Bonchev–Trinajstić information content (AvgIpc) is 2.90. The van der Waals surface area contributed by atoms with E-state index in [-0.39, 0.29) is 12.3 Å². The third-order valence-electron chi connectivity index (χ3n) is 3.86. The Kier molecular flexibility index (Phi) is 3.68. The van der Waals surface area contributed by atoms with E-state index in [0.29, 0.717) is 18.7 Å². The summed E-state index contributed by atoms with van der Waals surface area (Å²) in [4.78, 5) is 1.67. The van der Waals surface area contributed by atoms with E-state index in [9.17, 15) is 17.6 Å². The van der Waals surface area contributed by atoms with E-state index in [1.165, 1.54) is 13.2 Å². The Morgan fingerprint density at radius 2 is 1.86 bits per heavy atom. The van der Waals surface area contributed by atoms with Gasteiger partial charge in [-0.25, -0.2) is 13.2 Å². The zero-order valence-corrected chi connectivity index (χ0v) is 11.9. The van der Waals surface area contributed by atoms with Crippen molar-refractivity contribution in [1.29, 1.82) is 0 Å². The second-order valence-electron chi connectivity index (χ2n) is 5.43. The minimum absolute atomic E-state index is 0.143. The zero-order valence-electron chi connectivity index (χ0n) is 11.9. The average molecular weight is 321 g/mol. The van der Waals surface area contributed by atoms with Crippen LogP contribution in [0.5, 0.6) is 5.75 Å². The van der Waals surface area contributed by atoms with Gasteiger partial charge in [0.15, 0.2) is 17.4 Å². The van der Waals surface area contributed by atoms with Gasteiger partial charge < -0.3 is 19.1 Å². The summed E-state index contributed by atoms with van der Waals surface area (Å²) in [5, 5.41) is 0. The van der Waals surface area contributed by atoms with Gasteiger partial charge in [-0.2, -0.15) is 4.39 Å². The van der Waals surface area contributed by atoms with Gasteiger partial charge >= 0.3 is 0 Å². The van der Waals surface area contributed by atoms with Crippen LogP contribution >= 0.6 is 0 Å². The SMILES string of the molecule is COc1c(N2CCC3(C2)OCC(F)(F)CO3)ccc(F)c1F. The van der Waals surface area contributed by atoms with Crippen LogP contribution in [0.4, 0.5) is 23.2 Å². The lowest BCUT2D eigenvalue weighted by molar-refractivity contribution is -0.318. The number of methoxy groups -OCH3 is 1. The highest BCUT2D eigenvalue weighted by molar-refractivity contribution is 5.60. The summed E-state index contributed by atoms with van der Waals surface area (Å²) in [6.45, 7) is -0.886. The van der Waals surface area contributed by atoms with Crippen LogP contribution in [0.25, 0.3) is 0 Å². The van der Waals surface area contributed by atoms with Crippen LogP contribution in [0.2, 0.25) is 0 Å². The summed E-state index contributed by atoms with van der Waals surface area (Å²) in [7, 11) is 1.24. The summed E-state index contributed by atoms with van der Waals surface area (Å²) in [5.74, 6) is -6.47. The second-order valence-corrected chi connectivity index (χ2v) is 5.43. The number of hydrogen-bond donors (Lipinski definition) is 0. The molecule has 2 aliphatic heterocycles. The molecule has 0 radical (unpaired) electrons. The highest BCUT2D eigenvalue weighted by Gasteiger charge is 2.49. The standard InChI is InChI=1S/C14H15F4NO3/c1-20-12-10(3-2-9(15)11(12)16)19-5-4-14(6-19)21-7-13(17,18)8-22-14/h2-3H,4-8H2,1H3. The molecule has 122 valence electrons. The normalized spacial score (nSPS) is 23.0. The molecule has 1 spiro atoms. The Hall–Kier alpha value is -1.54. The lowest BCUT2D eigenvalue weighted by Crippen LogP contribution is -2.51. The van der Waals surface area contributed by atoms with Crippen LogP contribution in [0.1, 0.15) is 6.42 Å². The number of rotatable bonds is 2. The summed E-state index contributed by atoms with van der Waals surface area (Å²) in [5.41, 5.74) is 0.336. The smallest absolute Gasteiger partial charge is 0.293 e. The molecule has 0 atom stereocenters. The number of halogens is 4. The molecule has 0 aliphatic carbocycles. The van der Waals surface area contributed by atoms with Gasteiger partial charge in [0.25, 0.3) is 5.92 Å². The third kappa shape index (κ3) is 2.61. The number of alkyl halides is 2. The first-order valence-corrected chi connectivity index (χ1v) is 6.78. The number of benzene rings is 1. The summed E-state index contributed by atoms with van der Waals surface area (Å²) < 4.78 is 68.5. The van der Waals surface area contributed by atoms with Crippen molar-refractivity contribution in [3.05, 3.63) is 23.8 Å². The molecule has 2 saturated heterocycles. The van der Waals surface area contributed by atoms with Crippen LogP contribution in [0.3, 0.4) is 0 Å². The van der Waals surface area contributed by atoms with Crippen molar-refractivity contribution in [2.45, 2.75) is 18.1 Å². The molecular weight excluding hydrogens is 306 g/mol. The Morgan fingerprint density at radius 3 is 2.50 bits per heavy atom. The third-order valence-corrected chi connectivity index (χ3v) is 3.86. The number of anilines is 1. The maximum Gasteiger partial charge on any atom is 0.293 e. The van der Waals surface area contributed by atoms with E-state index in [2.05, 4.69) is 0 Å². The maximum atomic E-state index is 13.8. The van der Waals surface area contributed by atoms with Crippen LogP contribution in [0.15, 0.2) is 12.1 Å². The van der Waals surface area contributed by atoms with Crippen molar-refractivity contribution in [1.82, 2.24) is 0 Å². The number of nitrogens with zero attached hydrogens (tertiary/aromatic N) is 1. The summed E-state index contributed by atoms with van der Waals surface area (Å²) in [6.07, 6.45) is 0.352. The van der Waals surface area contributed by atoms with Gasteiger partial charge in [-0.1, -0.05) is 0 Å². The topological polar surface area (TPSA) is 30.9 Å². The van der Waals surface area contributed by atoms with E-state index in [4.69, 9.17) is 14.2 Å². The van der Waals surface area contributed by atoms with E-state index in [1.54, 1.807) is 4.90 Å². The highest BCUT2D eigenvalue weighted by atomic mass is 19.3. The van der Waals surface area contributed by atoms with Crippen molar-refractivity contribution < 1.29 is 31.8 Å². The Balaban J connectivity index is 1.80. The van der Waals surface area contributed by atoms with Gasteiger partial charge in [0.05, 0.1) is 19.3 Å². The van der Waals surface area contributed by atoms with Crippen molar-refractivity contribution >= 4 is 5.69 Å². The molecule has 3 rings (SSSR count). The number of hydrogen-bond acceptors (Lipinski definition) is 4. The molecule has 4 nitrogen and oxygen atoms in total. The molecule has 2 aliphatic rings. The predicted molar refractivity (Wildman–Crippen MR) is 69.3 cm³/mol. The first kappa shape index (κ1) is 15.4. The second kappa shape index (κ2) is 5.27. The molecule has 0 amide bonds. The first-order valence-electron chi connectivity index (χ1n) is 6.78. The quantitative estimate of drug-likeness (QED) is 0.784. The largest absolute Gasteiger partial charge is 0.491 e. The molecule has 1 aromatic rings. The molecule has 0 unspecified atom stereocenters. The van der Waals surface area contributed by atoms with Crippen molar-refractivity contribution in [2.24, 2.45) is 0 Å². The zero-order chi connectivity index (χ0) is 16.0. The molecular formula is C14H15F4NO3. The molecule has 1 aromatic carbocycles. The first-order chi connectivity index (χ1) is 10.4. The molecule has 2 heterocycles. The van der Waals surface area contributed by atoms with Crippen LogP contribution in [-0.2, 0) is 9.47 Å². The van der Waals surface area contributed by atoms with Gasteiger partial charge in [-0.15, -0.1) is 0 Å². The van der Waals surface area contributed by atoms with Gasteiger partial charge in [0.1, 0.15) is 13.2 Å². The minimum Gasteiger partial charge on any atom is -0.491 e. The van der Waals surface area contributed by atoms with Gasteiger partial charge in [-0.3, -0.25) is 0 Å². The lowest BCUT2D eigenvalue weighted by Gasteiger charge is -2.37. The van der Waals surface area contributed by atoms with Gasteiger partial charge in [0, 0.05) is 13.0 Å². The minimum atomic E-state index is -3.00. The van der Waals surface area contributed by atoms with Crippen LogP contribution in [0, 0.1) is 11.6 Å². The molecule has 2 fully saturated rings. The van der Waals surface area contributed by atoms with Gasteiger partial charge in [-0.05, 0) is 12.1 Å². The summed E-state index contributed by atoms with van der Waals surface area (Å²) >= 11 is 0. The van der Waals surface area contributed by atoms with Crippen LogP contribution in [-0.4, -0.2) is 45.1 Å². The van der Waals surface area contributed by atoms with Crippen LogP contribution < -0.4 is 9.64 Å². The van der Waals surface area contributed by atoms with E-state index < -0.39 is 36.6 Å². The molecule has 22 heavy (non-hydrogen) atoms. The fourth-order valence-electron chi connectivity index (χ4n) is 2.72. The van der Waals surface area contributed by atoms with E-state index in [0.717, 1.165) is 6.07 Å². The summed E-state index contributed by atoms with van der Waals surface area (Å²) in [6, 6.07) is 2.38. The molecule has 8 heteroatoms. The molecule has 0 bridgehead atoms. The molecule has 0 N–H and O–H groups in total. The Bertz CT molecular complexity index is 571. The fraction of sp³-hybridized carbons (Fsp3) is 0.571. The van der Waals surface area contributed by atoms with Gasteiger partial charge in [0.2, 0.25) is 5.82 Å². The van der Waals surface area contributed by atoms with E-state index >= 15 is 0 Å². The number of ether oxygens (including phenoxy) is 3. The molecule has 0 aromatic heterocycles. The van der Waals surface area contributed by atoms with Crippen molar-refractivity contribution in [3.8, 4) is 5.75 Å². The molecule has 0 saturated carbocycles. The monoisotopic (exact) mass is 321 g/mol. The van der Waals surface area contributed by atoms with E-state index in [1.807, 2.05) is 0 Å². The highest BCUT2D eigenvalue weighted by Crippen LogP contribution is 2.40. The Morgan fingerprint density at radius 1 is 1.18 bits per heavy atom. The predicted octanol–water partition coefficient (Wildman–Crippen LogP) is 2.56. The van der Waals surface area contributed by atoms with Crippen molar-refractivity contribution in [2.75, 3.05) is 38.3 Å². The van der Waals surface area contributed by atoms with Crippen molar-refractivity contribution in [3.63, 3.8) is 0 Å². The lowest BCUT2D eigenvalue weighted by atomic mass is 10.2. The maximum absolute atomic E-state index is 13.8. The fourth-order valence-corrected chi connectivity index (χ4v) is 2.72. The Labute approximate surface area is 124 Å².